The normalized spacial score (nSPS) is 17.7. The fraction of sp³-hybridized carbons (Fsp3) is 0.350. The fourth-order valence-corrected chi connectivity index (χ4v) is 5.10. The molecule has 146 valence electrons. The summed E-state index contributed by atoms with van der Waals surface area (Å²) >= 11 is 6.51. The van der Waals surface area contributed by atoms with Crippen LogP contribution in [0.5, 0.6) is 0 Å². The van der Waals surface area contributed by atoms with E-state index in [2.05, 4.69) is 30.7 Å². The Morgan fingerprint density at radius 3 is 2.86 bits per heavy atom. The highest BCUT2D eigenvalue weighted by atomic mass is 79.9. The lowest BCUT2D eigenvalue weighted by Gasteiger charge is -2.16. The zero-order valence-electron chi connectivity index (χ0n) is 15.4. The Bertz CT molecular complexity index is 935. The predicted octanol–water partition coefficient (Wildman–Crippen LogP) is 5.31. The zero-order chi connectivity index (χ0) is 19.5. The first-order valence-electron chi connectivity index (χ1n) is 9.17. The number of ether oxygens (including phenoxy) is 1. The van der Waals surface area contributed by atoms with Gasteiger partial charge in [-0.1, -0.05) is 45.9 Å². The molecule has 0 amide bonds. The van der Waals surface area contributed by atoms with Crippen LogP contribution in [0.3, 0.4) is 0 Å². The number of benzene rings is 1. The van der Waals surface area contributed by atoms with Gasteiger partial charge >= 0.3 is 0 Å². The number of hydrogen-bond donors (Lipinski definition) is 0. The SMILES string of the molecule is C[C@@H](Sc1nnc(-c2cccs2)n1C[C@@H]1CCCO1)C(=O)c1ccc(Br)cc1. The number of ketones is 1. The van der Waals surface area contributed by atoms with Crippen LogP contribution in [0, 0.1) is 0 Å². The van der Waals surface area contributed by atoms with E-state index in [0.717, 1.165) is 39.8 Å². The molecule has 0 saturated carbocycles. The van der Waals surface area contributed by atoms with Crippen molar-refractivity contribution in [1.82, 2.24) is 14.8 Å². The summed E-state index contributed by atoms with van der Waals surface area (Å²) in [5.41, 5.74) is 0.701. The Hall–Kier alpha value is -1.48. The van der Waals surface area contributed by atoms with E-state index in [1.54, 1.807) is 11.3 Å². The highest BCUT2D eigenvalue weighted by molar-refractivity contribution is 9.10. The van der Waals surface area contributed by atoms with Crippen molar-refractivity contribution < 1.29 is 9.53 Å². The van der Waals surface area contributed by atoms with Gasteiger partial charge in [0, 0.05) is 16.6 Å². The van der Waals surface area contributed by atoms with E-state index in [-0.39, 0.29) is 17.1 Å². The number of thioether (sulfide) groups is 1. The first-order chi connectivity index (χ1) is 13.6. The van der Waals surface area contributed by atoms with Crippen molar-refractivity contribution in [2.75, 3.05) is 6.61 Å². The molecular weight excluding hydrogens is 458 g/mol. The zero-order valence-corrected chi connectivity index (χ0v) is 18.6. The molecule has 2 aromatic heterocycles. The molecule has 5 nitrogen and oxygen atoms in total. The smallest absolute Gasteiger partial charge is 0.192 e. The summed E-state index contributed by atoms with van der Waals surface area (Å²) in [5, 5.41) is 11.4. The topological polar surface area (TPSA) is 57.0 Å². The fourth-order valence-electron chi connectivity index (χ4n) is 3.18. The molecule has 0 aliphatic carbocycles. The number of Topliss-reactive ketones (excluding diaryl/α,β-unsaturated/α-hetero) is 1. The number of thiophene rings is 1. The molecular formula is C20H20BrN3O2S2. The predicted molar refractivity (Wildman–Crippen MR) is 116 cm³/mol. The van der Waals surface area contributed by atoms with Gasteiger partial charge in [-0.3, -0.25) is 9.36 Å². The maximum absolute atomic E-state index is 12.8. The van der Waals surface area contributed by atoms with Gasteiger partial charge < -0.3 is 4.74 Å². The minimum absolute atomic E-state index is 0.0850. The van der Waals surface area contributed by atoms with Gasteiger partial charge in [0.05, 0.1) is 22.8 Å². The summed E-state index contributed by atoms with van der Waals surface area (Å²) in [6.07, 6.45) is 2.30. The van der Waals surface area contributed by atoms with Crippen LogP contribution in [0.2, 0.25) is 0 Å². The van der Waals surface area contributed by atoms with Crippen LogP contribution in [-0.2, 0) is 11.3 Å². The van der Waals surface area contributed by atoms with Gasteiger partial charge in [0.2, 0.25) is 0 Å². The molecule has 1 saturated heterocycles. The van der Waals surface area contributed by atoms with E-state index in [4.69, 9.17) is 4.74 Å². The van der Waals surface area contributed by atoms with Gasteiger partial charge in [-0.15, -0.1) is 21.5 Å². The van der Waals surface area contributed by atoms with Gasteiger partial charge in [0.1, 0.15) is 0 Å². The molecule has 0 radical (unpaired) electrons. The molecule has 3 heterocycles. The van der Waals surface area contributed by atoms with Gasteiger partial charge in [0.15, 0.2) is 16.8 Å². The highest BCUT2D eigenvalue weighted by Gasteiger charge is 2.25. The second-order valence-electron chi connectivity index (χ2n) is 6.66. The summed E-state index contributed by atoms with van der Waals surface area (Å²) in [5.74, 6) is 0.929. The van der Waals surface area contributed by atoms with E-state index >= 15 is 0 Å². The van der Waals surface area contributed by atoms with E-state index in [0.29, 0.717) is 12.1 Å². The number of rotatable bonds is 7. The molecule has 3 aromatic rings. The molecule has 2 atom stereocenters. The number of carbonyl (C=O) groups is 1. The van der Waals surface area contributed by atoms with E-state index < -0.39 is 0 Å². The van der Waals surface area contributed by atoms with Crippen LogP contribution in [0.15, 0.2) is 51.4 Å². The van der Waals surface area contributed by atoms with Crippen molar-refractivity contribution in [3.8, 4) is 10.7 Å². The van der Waals surface area contributed by atoms with E-state index in [1.807, 2.05) is 48.7 Å². The number of nitrogens with zero attached hydrogens (tertiary/aromatic N) is 3. The standard InChI is InChI=1S/C20H20BrN3O2S2/c1-13(18(25)14-6-8-15(21)9-7-14)28-20-23-22-19(17-5-3-11-27-17)24(20)12-16-4-2-10-26-16/h3,5-9,11,13,16H,2,4,10,12H2,1H3/t13-,16+/m1/s1. The molecule has 0 N–H and O–H groups in total. The van der Waals surface area contributed by atoms with Crippen LogP contribution < -0.4 is 0 Å². The van der Waals surface area contributed by atoms with Crippen LogP contribution in [-0.4, -0.2) is 38.5 Å². The summed E-state index contributed by atoms with van der Waals surface area (Å²) in [7, 11) is 0. The van der Waals surface area contributed by atoms with Crippen molar-refractivity contribution in [2.45, 2.75) is 42.8 Å². The van der Waals surface area contributed by atoms with Gasteiger partial charge in [-0.05, 0) is 43.3 Å². The second kappa shape index (κ2) is 8.90. The first-order valence-corrected chi connectivity index (χ1v) is 11.7. The quantitative estimate of drug-likeness (QED) is 0.340. The number of carbonyl (C=O) groups excluding carboxylic acids is 1. The Morgan fingerprint density at radius 1 is 1.36 bits per heavy atom. The minimum Gasteiger partial charge on any atom is -0.376 e. The molecule has 4 rings (SSSR count). The third-order valence-electron chi connectivity index (χ3n) is 4.65. The monoisotopic (exact) mass is 477 g/mol. The number of halogens is 1. The summed E-state index contributed by atoms with van der Waals surface area (Å²) < 4.78 is 8.90. The summed E-state index contributed by atoms with van der Waals surface area (Å²) in [4.78, 5) is 13.9. The van der Waals surface area contributed by atoms with Gasteiger partial charge in [-0.2, -0.15) is 0 Å². The average Bonchev–Trinajstić information content (AvgIpc) is 3.45. The van der Waals surface area contributed by atoms with Crippen molar-refractivity contribution >= 4 is 44.8 Å². The maximum Gasteiger partial charge on any atom is 0.192 e. The lowest BCUT2D eigenvalue weighted by Crippen LogP contribution is -2.18. The lowest BCUT2D eigenvalue weighted by atomic mass is 10.1. The third kappa shape index (κ3) is 4.40. The van der Waals surface area contributed by atoms with Crippen molar-refractivity contribution in [2.24, 2.45) is 0 Å². The summed E-state index contributed by atoms with van der Waals surface area (Å²) in [6.45, 7) is 3.44. The van der Waals surface area contributed by atoms with Gasteiger partial charge in [-0.25, -0.2) is 0 Å². The number of hydrogen-bond acceptors (Lipinski definition) is 6. The van der Waals surface area contributed by atoms with Crippen LogP contribution in [0.4, 0.5) is 0 Å². The molecule has 0 bridgehead atoms. The number of aromatic nitrogens is 3. The van der Waals surface area contributed by atoms with Crippen LogP contribution in [0.25, 0.3) is 10.7 Å². The largest absolute Gasteiger partial charge is 0.376 e. The maximum atomic E-state index is 12.8. The van der Waals surface area contributed by atoms with Gasteiger partial charge in [0.25, 0.3) is 0 Å². The van der Waals surface area contributed by atoms with Crippen molar-refractivity contribution in [1.29, 1.82) is 0 Å². The van der Waals surface area contributed by atoms with E-state index in [9.17, 15) is 4.79 Å². The molecule has 28 heavy (non-hydrogen) atoms. The molecule has 1 fully saturated rings. The Kier molecular flexibility index (Phi) is 6.30. The minimum atomic E-state index is -0.259. The van der Waals surface area contributed by atoms with E-state index in [1.165, 1.54) is 11.8 Å². The molecule has 0 unspecified atom stereocenters. The first kappa shape index (κ1) is 19.8. The Morgan fingerprint density at radius 2 is 2.18 bits per heavy atom. The third-order valence-corrected chi connectivity index (χ3v) is 7.12. The second-order valence-corrected chi connectivity index (χ2v) is 9.83. The summed E-state index contributed by atoms with van der Waals surface area (Å²) in [6, 6.07) is 11.5. The molecule has 1 aromatic carbocycles. The molecule has 1 aliphatic rings. The van der Waals surface area contributed by atoms with Crippen molar-refractivity contribution in [3.05, 3.63) is 51.8 Å². The highest BCUT2D eigenvalue weighted by Crippen LogP contribution is 2.31. The Labute approximate surface area is 180 Å². The Balaban J connectivity index is 1.57. The molecule has 1 aliphatic heterocycles. The van der Waals surface area contributed by atoms with Crippen LogP contribution >= 0.6 is 39.0 Å². The molecule has 0 spiro atoms. The molecule has 8 heteroatoms. The average molecular weight is 478 g/mol. The van der Waals surface area contributed by atoms with Crippen molar-refractivity contribution in [3.63, 3.8) is 0 Å². The lowest BCUT2D eigenvalue weighted by molar-refractivity contribution is 0.0953. The van der Waals surface area contributed by atoms with Crippen LogP contribution in [0.1, 0.15) is 30.1 Å².